The van der Waals surface area contributed by atoms with Crippen molar-refractivity contribution in [3.8, 4) is 5.75 Å². The Morgan fingerprint density at radius 3 is 2.56 bits per heavy atom. The molecule has 0 aromatic heterocycles. The molecule has 0 aliphatic carbocycles. The highest BCUT2D eigenvalue weighted by Gasteiger charge is 2.36. The van der Waals surface area contributed by atoms with Gasteiger partial charge in [0.15, 0.2) is 0 Å². The monoisotopic (exact) mass is 397 g/mol. The van der Waals surface area contributed by atoms with Crippen LogP contribution in [0, 0.1) is 5.92 Å². The molecule has 1 N–H and O–H groups in total. The summed E-state index contributed by atoms with van der Waals surface area (Å²) >= 11 is 0. The van der Waals surface area contributed by atoms with Crippen LogP contribution in [-0.2, 0) is 26.3 Å². The molecule has 2 aliphatic rings. The fraction of sp³-hybridized carbons (Fsp3) is 0.611. The van der Waals surface area contributed by atoms with Crippen molar-refractivity contribution in [2.75, 3.05) is 46.5 Å². The predicted molar refractivity (Wildman–Crippen MR) is 100 cm³/mol. The van der Waals surface area contributed by atoms with Gasteiger partial charge in [0.05, 0.1) is 26.2 Å². The number of ether oxygens (including phenoxy) is 2. The second-order valence-electron chi connectivity index (χ2n) is 6.78. The SMILES string of the molecule is COc1ccc(CNC(=O)C2CCCN(S(=O)(=O)N3CCOCC3)C2)cc1. The average molecular weight is 397 g/mol. The van der Waals surface area contributed by atoms with E-state index in [-0.39, 0.29) is 18.4 Å². The summed E-state index contributed by atoms with van der Waals surface area (Å²) in [4.78, 5) is 12.6. The van der Waals surface area contributed by atoms with E-state index in [2.05, 4.69) is 5.32 Å². The van der Waals surface area contributed by atoms with Crippen molar-refractivity contribution >= 4 is 16.1 Å². The third-order valence-corrected chi connectivity index (χ3v) is 7.01. The average Bonchev–Trinajstić information content (AvgIpc) is 2.73. The molecule has 1 atom stereocenters. The van der Waals surface area contributed by atoms with Gasteiger partial charge in [-0.05, 0) is 30.5 Å². The fourth-order valence-corrected chi connectivity index (χ4v) is 5.05. The van der Waals surface area contributed by atoms with Crippen LogP contribution in [0.3, 0.4) is 0 Å². The highest BCUT2D eigenvalue weighted by atomic mass is 32.2. The zero-order valence-corrected chi connectivity index (χ0v) is 16.4. The molecule has 2 saturated heterocycles. The summed E-state index contributed by atoms with van der Waals surface area (Å²) in [5.41, 5.74) is 0.970. The number of hydrogen-bond donors (Lipinski definition) is 1. The second-order valence-corrected chi connectivity index (χ2v) is 8.71. The van der Waals surface area contributed by atoms with Gasteiger partial charge in [-0.25, -0.2) is 0 Å². The summed E-state index contributed by atoms with van der Waals surface area (Å²) in [6.45, 7) is 2.67. The maximum atomic E-state index is 12.8. The number of morpholine rings is 1. The Morgan fingerprint density at radius 1 is 1.19 bits per heavy atom. The van der Waals surface area contributed by atoms with E-state index >= 15 is 0 Å². The molecule has 1 aromatic rings. The molecule has 8 nitrogen and oxygen atoms in total. The number of nitrogens with one attached hydrogen (secondary N) is 1. The Kier molecular flexibility index (Phi) is 6.69. The van der Waals surface area contributed by atoms with Crippen LogP contribution < -0.4 is 10.1 Å². The van der Waals surface area contributed by atoms with Gasteiger partial charge in [-0.3, -0.25) is 4.79 Å². The molecule has 27 heavy (non-hydrogen) atoms. The van der Waals surface area contributed by atoms with Gasteiger partial charge in [-0.15, -0.1) is 0 Å². The van der Waals surface area contributed by atoms with E-state index < -0.39 is 10.2 Å². The van der Waals surface area contributed by atoms with Crippen LogP contribution in [0.25, 0.3) is 0 Å². The van der Waals surface area contributed by atoms with Crippen molar-refractivity contribution in [3.63, 3.8) is 0 Å². The van der Waals surface area contributed by atoms with Crippen LogP contribution in [0.15, 0.2) is 24.3 Å². The van der Waals surface area contributed by atoms with E-state index in [0.717, 1.165) is 11.3 Å². The summed E-state index contributed by atoms with van der Waals surface area (Å²) < 4.78 is 38.9. The van der Waals surface area contributed by atoms with Gasteiger partial charge in [-0.2, -0.15) is 17.0 Å². The van der Waals surface area contributed by atoms with E-state index in [1.54, 1.807) is 7.11 Å². The second kappa shape index (κ2) is 9.01. The van der Waals surface area contributed by atoms with Gasteiger partial charge in [0.2, 0.25) is 5.91 Å². The van der Waals surface area contributed by atoms with Gasteiger partial charge in [0.25, 0.3) is 10.2 Å². The summed E-state index contributed by atoms with van der Waals surface area (Å²) in [6.07, 6.45) is 1.38. The standard InChI is InChI=1S/C18H27N3O5S/c1-25-17-6-4-15(5-7-17)13-19-18(22)16-3-2-8-21(14-16)27(23,24)20-9-11-26-12-10-20/h4-7,16H,2-3,8-14H2,1H3,(H,19,22). The molecule has 2 aliphatic heterocycles. The lowest BCUT2D eigenvalue weighted by Crippen LogP contribution is -2.52. The van der Waals surface area contributed by atoms with Gasteiger partial charge in [0, 0.05) is 32.7 Å². The summed E-state index contributed by atoms with van der Waals surface area (Å²) in [5, 5.41) is 2.92. The van der Waals surface area contributed by atoms with E-state index in [1.807, 2.05) is 24.3 Å². The van der Waals surface area contributed by atoms with E-state index in [9.17, 15) is 13.2 Å². The zero-order valence-electron chi connectivity index (χ0n) is 15.6. The van der Waals surface area contributed by atoms with Gasteiger partial charge < -0.3 is 14.8 Å². The number of hydrogen-bond acceptors (Lipinski definition) is 5. The van der Waals surface area contributed by atoms with Gasteiger partial charge in [-0.1, -0.05) is 12.1 Å². The third kappa shape index (κ3) is 4.98. The topological polar surface area (TPSA) is 88.2 Å². The number of rotatable bonds is 6. The lowest BCUT2D eigenvalue weighted by atomic mass is 9.99. The number of methoxy groups -OCH3 is 1. The summed E-state index contributed by atoms with van der Waals surface area (Å²) in [6, 6.07) is 7.49. The Labute approximate surface area is 160 Å². The minimum absolute atomic E-state index is 0.104. The molecule has 2 heterocycles. The van der Waals surface area contributed by atoms with Crippen molar-refractivity contribution in [1.29, 1.82) is 0 Å². The van der Waals surface area contributed by atoms with Crippen LogP contribution in [0.5, 0.6) is 5.75 Å². The highest BCUT2D eigenvalue weighted by molar-refractivity contribution is 7.86. The first-order valence-corrected chi connectivity index (χ1v) is 10.6. The quantitative estimate of drug-likeness (QED) is 0.760. The van der Waals surface area contributed by atoms with Crippen molar-refractivity contribution in [2.24, 2.45) is 5.92 Å². The smallest absolute Gasteiger partial charge is 0.282 e. The first kappa shape index (κ1) is 20.1. The Hall–Kier alpha value is -1.68. The molecular weight excluding hydrogens is 370 g/mol. The van der Waals surface area contributed by atoms with Crippen molar-refractivity contribution in [2.45, 2.75) is 19.4 Å². The Bertz CT molecular complexity index is 732. The van der Waals surface area contributed by atoms with Crippen molar-refractivity contribution in [3.05, 3.63) is 29.8 Å². The molecule has 3 rings (SSSR count). The summed E-state index contributed by atoms with van der Waals surface area (Å²) in [7, 11) is -1.93. The molecule has 9 heteroatoms. The Balaban J connectivity index is 1.55. The molecule has 0 radical (unpaired) electrons. The first-order chi connectivity index (χ1) is 13.0. The van der Waals surface area contributed by atoms with E-state index in [4.69, 9.17) is 9.47 Å². The minimum atomic E-state index is -3.53. The fourth-order valence-electron chi connectivity index (χ4n) is 3.38. The largest absolute Gasteiger partial charge is 0.497 e. The maximum Gasteiger partial charge on any atom is 0.282 e. The molecule has 150 valence electrons. The molecule has 0 saturated carbocycles. The number of nitrogens with zero attached hydrogens (tertiary/aromatic N) is 2. The molecule has 1 amide bonds. The number of carbonyl (C=O) groups excluding carboxylic acids is 1. The van der Waals surface area contributed by atoms with Crippen LogP contribution >= 0.6 is 0 Å². The minimum Gasteiger partial charge on any atom is -0.497 e. The zero-order chi connectivity index (χ0) is 19.3. The Morgan fingerprint density at radius 2 is 1.89 bits per heavy atom. The first-order valence-electron chi connectivity index (χ1n) is 9.24. The number of piperidine rings is 1. The van der Waals surface area contributed by atoms with Crippen LogP contribution in [-0.4, -0.2) is 69.4 Å². The van der Waals surface area contributed by atoms with E-state index in [1.165, 1.54) is 8.61 Å². The molecule has 0 spiro atoms. The van der Waals surface area contributed by atoms with E-state index in [0.29, 0.717) is 52.2 Å². The van der Waals surface area contributed by atoms with Crippen LogP contribution in [0.2, 0.25) is 0 Å². The normalized spacial score (nSPS) is 22.3. The van der Waals surface area contributed by atoms with Crippen molar-refractivity contribution < 1.29 is 22.7 Å². The van der Waals surface area contributed by atoms with Crippen LogP contribution in [0.4, 0.5) is 0 Å². The van der Waals surface area contributed by atoms with Gasteiger partial charge >= 0.3 is 0 Å². The summed E-state index contributed by atoms with van der Waals surface area (Å²) in [5.74, 6) is 0.335. The third-order valence-electron chi connectivity index (χ3n) is 5.00. The molecule has 1 unspecified atom stereocenters. The number of amides is 1. The van der Waals surface area contributed by atoms with Crippen molar-refractivity contribution in [1.82, 2.24) is 13.9 Å². The maximum absolute atomic E-state index is 12.8. The highest BCUT2D eigenvalue weighted by Crippen LogP contribution is 2.22. The predicted octanol–water partition coefficient (Wildman–Crippen LogP) is 0.600. The molecule has 1 aromatic carbocycles. The van der Waals surface area contributed by atoms with Gasteiger partial charge in [0.1, 0.15) is 5.75 Å². The van der Waals surface area contributed by atoms with Crippen LogP contribution in [0.1, 0.15) is 18.4 Å². The molecule has 2 fully saturated rings. The number of carbonyl (C=O) groups is 1. The lowest BCUT2D eigenvalue weighted by molar-refractivity contribution is -0.126. The molecular formula is C18H27N3O5S. The number of benzene rings is 1. The lowest BCUT2D eigenvalue weighted by Gasteiger charge is -2.36. The molecule has 0 bridgehead atoms.